The van der Waals surface area contributed by atoms with Crippen molar-refractivity contribution in [2.24, 2.45) is 5.73 Å². The normalized spacial score (nSPS) is 22.5. The third kappa shape index (κ3) is 2.56. The Hall–Kier alpha value is -0.580. The van der Waals surface area contributed by atoms with Crippen LogP contribution in [0.1, 0.15) is 39.4 Å². The third-order valence-electron chi connectivity index (χ3n) is 3.72. The van der Waals surface area contributed by atoms with E-state index in [0.717, 1.165) is 37.2 Å². The number of thiophene rings is 1. The van der Waals surface area contributed by atoms with Gasteiger partial charge in [-0.15, -0.1) is 23.7 Å². The topological polar surface area (TPSA) is 46.3 Å². The minimum absolute atomic E-state index is 0. The van der Waals surface area contributed by atoms with Gasteiger partial charge in [-0.05, 0) is 43.7 Å². The molecule has 1 aromatic rings. The molecule has 1 aromatic heterocycles. The van der Waals surface area contributed by atoms with Crippen LogP contribution in [0.5, 0.6) is 0 Å². The van der Waals surface area contributed by atoms with E-state index in [1.165, 1.54) is 23.3 Å². The summed E-state index contributed by atoms with van der Waals surface area (Å²) in [6.45, 7) is 1.55. The Labute approximate surface area is 118 Å². The maximum atomic E-state index is 12.3. The number of rotatable bonds is 1. The molecule has 1 saturated heterocycles. The first-order chi connectivity index (χ1) is 8.24. The van der Waals surface area contributed by atoms with Crippen LogP contribution in [0.4, 0.5) is 0 Å². The van der Waals surface area contributed by atoms with Crippen molar-refractivity contribution in [2.45, 2.75) is 38.1 Å². The Morgan fingerprint density at radius 1 is 1.39 bits per heavy atom. The van der Waals surface area contributed by atoms with Gasteiger partial charge in [0.15, 0.2) is 0 Å². The quantitative estimate of drug-likeness (QED) is 0.860. The van der Waals surface area contributed by atoms with Crippen LogP contribution in [0.2, 0.25) is 0 Å². The Morgan fingerprint density at radius 2 is 2.17 bits per heavy atom. The molecule has 0 spiro atoms. The standard InChI is InChI=1S/C13H18N2OS.ClH/c14-10-5-6-15(8-10)13(16)12-7-9-3-1-2-4-11(9)17-12;/h7,10H,1-6,8,14H2;1H/t10-;/m1./s1. The third-order valence-corrected chi connectivity index (χ3v) is 4.94. The highest BCUT2D eigenvalue weighted by Crippen LogP contribution is 2.30. The number of carbonyl (C=O) groups excluding carboxylic acids is 1. The van der Waals surface area contributed by atoms with Crippen molar-refractivity contribution in [3.63, 3.8) is 0 Å². The average Bonchev–Trinajstić information content (AvgIpc) is 2.93. The SMILES string of the molecule is Cl.N[C@@H]1CCN(C(=O)c2cc3c(s2)CCCC3)C1. The number of carbonyl (C=O) groups is 1. The van der Waals surface area contributed by atoms with Gasteiger partial charge >= 0.3 is 0 Å². The molecule has 0 bridgehead atoms. The van der Waals surface area contributed by atoms with Gasteiger partial charge in [-0.3, -0.25) is 4.79 Å². The van der Waals surface area contributed by atoms with Crippen molar-refractivity contribution >= 4 is 29.7 Å². The Morgan fingerprint density at radius 3 is 2.83 bits per heavy atom. The molecule has 1 aliphatic carbocycles. The molecule has 3 rings (SSSR count). The van der Waals surface area contributed by atoms with Crippen molar-refractivity contribution in [1.82, 2.24) is 4.90 Å². The summed E-state index contributed by atoms with van der Waals surface area (Å²) in [4.78, 5) is 16.6. The summed E-state index contributed by atoms with van der Waals surface area (Å²) < 4.78 is 0. The van der Waals surface area contributed by atoms with Crippen LogP contribution < -0.4 is 5.73 Å². The van der Waals surface area contributed by atoms with Crippen LogP contribution >= 0.6 is 23.7 Å². The summed E-state index contributed by atoms with van der Waals surface area (Å²) in [5.74, 6) is 0.192. The van der Waals surface area contributed by atoms with Gasteiger partial charge in [0, 0.05) is 24.0 Å². The zero-order valence-corrected chi connectivity index (χ0v) is 12.0. The van der Waals surface area contributed by atoms with Crippen molar-refractivity contribution < 1.29 is 4.79 Å². The molecule has 0 aromatic carbocycles. The zero-order valence-electron chi connectivity index (χ0n) is 10.4. The van der Waals surface area contributed by atoms with Crippen molar-refractivity contribution in [2.75, 3.05) is 13.1 Å². The summed E-state index contributed by atoms with van der Waals surface area (Å²) in [6, 6.07) is 2.29. The van der Waals surface area contributed by atoms with Gasteiger partial charge in [0.25, 0.3) is 5.91 Å². The molecule has 0 unspecified atom stereocenters. The molecule has 2 N–H and O–H groups in total. The molecule has 1 aliphatic heterocycles. The molecule has 3 nitrogen and oxygen atoms in total. The highest BCUT2D eigenvalue weighted by molar-refractivity contribution is 7.14. The van der Waals surface area contributed by atoms with Gasteiger partial charge in [0.1, 0.15) is 0 Å². The molecule has 1 fully saturated rings. The summed E-state index contributed by atoms with van der Waals surface area (Å²) in [5.41, 5.74) is 7.26. The van der Waals surface area contributed by atoms with Crippen LogP contribution in [0, 0.1) is 0 Å². The van der Waals surface area contributed by atoms with Gasteiger partial charge in [0.2, 0.25) is 0 Å². The number of hydrogen-bond donors (Lipinski definition) is 1. The predicted molar refractivity (Wildman–Crippen MR) is 76.7 cm³/mol. The fourth-order valence-corrected chi connectivity index (χ4v) is 3.95. The summed E-state index contributed by atoms with van der Waals surface area (Å²) in [5, 5.41) is 0. The van der Waals surface area contributed by atoms with E-state index < -0.39 is 0 Å². The van der Waals surface area contributed by atoms with E-state index in [0.29, 0.717) is 0 Å². The molecular formula is C13H19ClN2OS. The monoisotopic (exact) mass is 286 g/mol. The molecule has 2 heterocycles. The second-order valence-electron chi connectivity index (χ2n) is 5.07. The summed E-state index contributed by atoms with van der Waals surface area (Å²) in [6.07, 6.45) is 5.80. The first-order valence-corrected chi connectivity index (χ1v) is 7.22. The number of aryl methyl sites for hydroxylation is 2. The van der Waals surface area contributed by atoms with Gasteiger partial charge in [-0.2, -0.15) is 0 Å². The second kappa shape index (κ2) is 5.59. The number of amides is 1. The molecule has 0 saturated carbocycles. The van der Waals surface area contributed by atoms with E-state index in [2.05, 4.69) is 6.07 Å². The first kappa shape index (κ1) is 13.8. The number of likely N-dealkylation sites (tertiary alicyclic amines) is 1. The number of nitrogens with two attached hydrogens (primary N) is 1. The van der Waals surface area contributed by atoms with E-state index >= 15 is 0 Å². The van der Waals surface area contributed by atoms with Gasteiger partial charge in [-0.1, -0.05) is 0 Å². The zero-order chi connectivity index (χ0) is 11.8. The molecule has 100 valence electrons. The lowest BCUT2D eigenvalue weighted by atomic mass is 9.99. The van der Waals surface area contributed by atoms with Crippen LogP contribution in [0.15, 0.2) is 6.07 Å². The molecule has 0 radical (unpaired) electrons. The lowest BCUT2D eigenvalue weighted by Gasteiger charge is -2.14. The Bertz CT molecular complexity index is 423. The molecule has 18 heavy (non-hydrogen) atoms. The predicted octanol–water partition coefficient (Wildman–Crippen LogP) is 2.22. The van der Waals surface area contributed by atoms with Crippen LogP contribution in [0.25, 0.3) is 0 Å². The Balaban J connectivity index is 0.00000120. The largest absolute Gasteiger partial charge is 0.336 e. The molecule has 2 aliphatic rings. The number of nitrogens with zero attached hydrogens (tertiary/aromatic N) is 1. The number of fused-ring (bicyclic) bond motifs is 1. The number of hydrogen-bond acceptors (Lipinski definition) is 3. The lowest BCUT2D eigenvalue weighted by Crippen LogP contribution is -2.31. The summed E-state index contributed by atoms with van der Waals surface area (Å²) in [7, 11) is 0. The molecular weight excluding hydrogens is 268 g/mol. The van der Waals surface area contributed by atoms with Crippen LogP contribution in [0.3, 0.4) is 0 Å². The minimum Gasteiger partial charge on any atom is -0.336 e. The summed E-state index contributed by atoms with van der Waals surface area (Å²) >= 11 is 1.70. The van der Waals surface area contributed by atoms with E-state index in [-0.39, 0.29) is 24.4 Å². The molecule has 5 heteroatoms. The van der Waals surface area contributed by atoms with Crippen molar-refractivity contribution in [3.05, 3.63) is 21.4 Å². The highest BCUT2D eigenvalue weighted by atomic mass is 35.5. The maximum Gasteiger partial charge on any atom is 0.263 e. The fourth-order valence-electron chi connectivity index (χ4n) is 2.72. The average molecular weight is 287 g/mol. The maximum absolute atomic E-state index is 12.3. The van der Waals surface area contributed by atoms with Crippen molar-refractivity contribution in [3.8, 4) is 0 Å². The Kier molecular flexibility index (Phi) is 4.30. The van der Waals surface area contributed by atoms with Gasteiger partial charge in [0.05, 0.1) is 4.88 Å². The highest BCUT2D eigenvalue weighted by Gasteiger charge is 2.26. The van der Waals surface area contributed by atoms with Gasteiger partial charge in [-0.25, -0.2) is 0 Å². The number of halogens is 1. The van der Waals surface area contributed by atoms with Crippen LogP contribution in [-0.2, 0) is 12.8 Å². The first-order valence-electron chi connectivity index (χ1n) is 6.40. The van der Waals surface area contributed by atoms with E-state index in [9.17, 15) is 4.79 Å². The van der Waals surface area contributed by atoms with E-state index in [1.54, 1.807) is 11.3 Å². The minimum atomic E-state index is 0. The van der Waals surface area contributed by atoms with Crippen molar-refractivity contribution in [1.29, 1.82) is 0 Å². The smallest absolute Gasteiger partial charge is 0.263 e. The second-order valence-corrected chi connectivity index (χ2v) is 6.20. The molecule has 1 atom stereocenters. The van der Waals surface area contributed by atoms with E-state index in [4.69, 9.17) is 5.73 Å². The van der Waals surface area contributed by atoms with E-state index in [1.807, 2.05) is 4.90 Å². The lowest BCUT2D eigenvalue weighted by molar-refractivity contribution is 0.0795. The molecule has 1 amide bonds. The van der Waals surface area contributed by atoms with Crippen LogP contribution in [-0.4, -0.2) is 29.9 Å². The fraction of sp³-hybridized carbons (Fsp3) is 0.615. The van der Waals surface area contributed by atoms with Gasteiger partial charge < -0.3 is 10.6 Å².